The molecule has 0 saturated carbocycles. The molecule has 0 spiro atoms. The monoisotopic (exact) mass is 395 g/mol. The molecule has 4 nitrogen and oxygen atoms in total. The van der Waals surface area contributed by atoms with E-state index in [0.717, 1.165) is 21.4 Å². The summed E-state index contributed by atoms with van der Waals surface area (Å²) in [6, 6.07) is 7.51. The number of ether oxygens (including phenoxy) is 1. The highest BCUT2D eigenvalue weighted by Gasteiger charge is 2.31. The van der Waals surface area contributed by atoms with Gasteiger partial charge in [0.2, 0.25) is 0 Å². The maximum Gasteiger partial charge on any atom is 0.180 e. The first-order valence-electron chi connectivity index (χ1n) is 10.7. The fraction of sp³-hybridized carbons (Fsp3) is 0.480. The van der Waals surface area contributed by atoms with Gasteiger partial charge in [-0.2, -0.15) is 4.73 Å². The van der Waals surface area contributed by atoms with E-state index in [1.165, 1.54) is 38.1 Å². The van der Waals surface area contributed by atoms with Gasteiger partial charge in [0.15, 0.2) is 12.4 Å². The Morgan fingerprint density at radius 3 is 2.48 bits per heavy atom. The summed E-state index contributed by atoms with van der Waals surface area (Å²) < 4.78 is 7.01. The number of phenolic OH excluding ortho intramolecular Hbond substituents is 1. The number of aromatic hydroxyl groups is 1. The Bertz CT molecular complexity index is 884. The van der Waals surface area contributed by atoms with Crippen molar-refractivity contribution in [3.8, 4) is 11.5 Å². The number of benzene rings is 1. The minimum atomic E-state index is -0.507. The van der Waals surface area contributed by atoms with E-state index in [1.54, 1.807) is 12.1 Å². The number of phenols is 1. The molecule has 1 aromatic carbocycles. The zero-order valence-electron chi connectivity index (χ0n) is 18.2. The lowest BCUT2D eigenvalue weighted by Gasteiger charge is -2.33. The van der Waals surface area contributed by atoms with E-state index < -0.39 is 5.60 Å². The predicted octanol–water partition coefficient (Wildman–Crippen LogP) is 5.95. The van der Waals surface area contributed by atoms with Gasteiger partial charge in [-0.25, -0.2) is 0 Å². The molecule has 2 heterocycles. The fourth-order valence-corrected chi connectivity index (χ4v) is 4.08. The zero-order valence-corrected chi connectivity index (χ0v) is 18.2. The van der Waals surface area contributed by atoms with Crippen LogP contribution < -0.4 is 9.47 Å². The van der Waals surface area contributed by atoms with Gasteiger partial charge in [-0.3, -0.25) is 0 Å². The van der Waals surface area contributed by atoms with Gasteiger partial charge in [0.25, 0.3) is 0 Å². The topological polar surface area (TPSA) is 56.4 Å². The van der Waals surface area contributed by atoms with Crippen molar-refractivity contribution in [2.75, 3.05) is 0 Å². The van der Waals surface area contributed by atoms with Crippen LogP contribution in [-0.2, 0) is 0 Å². The molecule has 2 aromatic rings. The van der Waals surface area contributed by atoms with Crippen LogP contribution in [0.1, 0.15) is 82.9 Å². The molecule has 29 heavy (non-hydrogen) atoms. The van der Waals surface area contributed by atoms with Crippen LogP contribution in [0.2, 0.25) is 0 Å². The number of unbranched alkanes of at least 4 members (excludes halogenated alkanes) is 2. The number of pyridine rings is 1. The first-order chi connectivity index (χ1) is 13.7. The van der Waals surface area contributed by atoms with Crippen molar-refractivity contribution in [1.29, 1.82) is 0 Å². The Kier molecular flexibility index (Phi) is 6.21. The summed E-state index contributed by atoms with van der Waals surface area (Å²) in [7, 11) is 0. The summed E-state index contributed by atoms with van der Waals surface area (Å²) in [4.78, 5) is 0. The number of fused-ring (bicyclic) bond motifs is 1. The van der Waals surface area contributed by atoms with Gasteiger partial charge < -0.3 is 15.1 Å². The second-order valence-corrected chi connectivity index (χ2v) is 8.89. The molecule has 1 aromatic heterocycles. The Hall–Kier alpha value is -2.49. The van der Waals surface area contributed by atoms with Crippen molar-refractivity contribution in [3.63, 3.8) is 0 Å². The minimum Gasteiger partial charge on any atom is -0.619 e. The largest absolute Gasteiger partial charge is 0.619 e. The number of nitrogens with zero attached hydrogens (tertiary/aromatic N) is 1. The standard InChI is InChI=1S/C25H33NO3/c1-6-7-8-9-17(2)18(3)20-14-22(27)24-21(19-10-12-26(28)13-11-19)16-25(4,5)29-23(24)15-20/h10-18,27H,6-9H2,1-5H3. The van der Waals surface area contributed by atoms with Crippen LogP contribution in [0.5, 0.6) is 11.5 Å². The van der Waals surface area contributed by atoms with E-state index in [0.29, 0.717) is 23.1 Å². The SMILES string of the molecule is CCCCCC(C)C(C)c1cc(O)c2c(c1)OC(C)(C)C=C2c1cc[n+]([O-])cc1. The molecule has 0 amide bonds. The second-order valence-electron chi connectivity index (χ2n) is 8.89. The number of rotatable bonds is 7. The average Bonchev–Trinajstić information content (AvgIpc) is 2.66. The molecule has 0 saturated heterocycles. The van der Waals surface area contributed by atoms with Crippen LogP contribution in [0.3, 0.4) is 0 Å². The van der Waals surface area contributed by atoms with Crippen LogP contribution in [0.15, 0.2) is 42.7 Å². The van der Waals surface area contributed by atoms with Gasteiger partial charge in [0.1, 0.15) is 17.1 Å². The normalized spacial score (nSPS) is 17.1. The number of hydrogen-bond donors (Lipinski definition) is 1. The summed E-state index contributed by atoms with van der Waals surface area (Å²) in [5.41, 5.74) is 3.07. The Labute approximate surface area is 174 Å². The van der Waals surface area contributed by atoms with E-state index in [4.69, 9.17) is 4.74 Å². The van der Waals surface area contributed by atoms with Crippen molar-refractivity contribution in [2.24, 2.45) is 5.92 Å². The zero-order chi connectivity index (χ0) is 21.2. The van der Waals surface area contributed by atoms with E-state index in [2.05, 4.69) is 26.8 Å². The molecule has 4 heteroatoms. The molecule has 0 fully saturated rings. The molecule has 1 aliphatic heterocycles. The molecular formula is C25H33NO3. The van der Waals surface area contributed by atoms with E-state index in [-0.39, 0.29) is 5.75 Å². The Morgan fingerprint density at radius 2 is 1.83 bits per heavy atom. The third-order valence-corrected chi connectivity index (χ3v) is 5.99. The predicted molar refractivity (Wildman–Crippen MR) is 117 cm³/mol. The maximum atomic E-state index is 11.4. The summed E-state index contributed by atoms with van der Waals surface area (Å²) >= 11 is 0. The highest BCUT2D eigenvalue weighted by Crippen LogP contribution is 2.46. The van der Waals surface area contributed by atoms with Gasteiger partial charge in [0, 0.05) is 12.1 Å². The maximum absolute atomic E-state index is 11.4. The Morgan fingerprint density at radius 1 is 1.14 bits per heavy atom. The fourth-order valence-electron chi connectivity index (χ4n) is 4.08. The van der Waals surface area contributed by atoms with Crippen LogP contribution in [0, 0.1) is 11.1 Å². The molecule has 0 aliphatic carbocycles. The third kappa shape index (κ3) is 4.75. The molecule has 156 valence electrons. The van der Waals surface area contributed by atoms with Crippen LogP contribution in [0.25, 0.3) is 5.57 Å². The number of aromatic nitrogens is 1. The summed E-state index contributed by atoms with van der Waals surface area (Å²) in [5, 5.41) is 22.4. The third-order valence-electron chi connectivity index (χ3n) is 5.99. The average molecular weight is 396 g/mol. The van der Waals surface area contributed by atoms with Gasteiger partial charge in [0.05, 0.1) is 5.56 Å². The van der Waals surface area contributed by atoms with Crippen molar-refractivity contribution < 1.29 is 14.6 Å². The smallest absolute Gasteiger partial charge is 0.180 e. The van der Waals surface area contributed by atoms with Crippen LogP contribution in [0.4, 0.5) is 0 Å². The lowest BCUT2D eigenvalue weighted by Crippen LogP contribution is -2.29. The molecule has 2 atom stereocenters. The van der Waals surface area contributed by atoms with Crippen molar-refractivity contribution >= 4 is 5.57 Å². The van der Waals surface area contributed by atoms with Crippen LogP contribution in [-0.4, -0.2) is 10.7 Å². The Balaban J connectivity index is 1.98. The lowest BCUT2D eigenvalue weighted by molar-refractivity contribution is -0.605. The molecule has 2 unspecified atom stereocenters. The van der Waals surface area contributed by atoms with Gasteiger partial charge in [-0.1, -0.05) is 46.5 Å². The summed E-state index contributed by atoms with van der Waals surface area (Å²) in [5.74, 6) is 1.80. The molecule has 0 radical (unpaired) electrons. The quantitative estimate of drug-likeness (QED) is 0.358. The lowest BCUT2D eigenvalue weighted by atomic mass is 9.83. The molecule has 0 bridgehead atoms. The van der Waals surface area contributed by atoms with Gasteiger partial charge in [-0.15, -0.1) is 0 Å². The van der Waals surface area contributed by atoms with Gasteiger partial charge >= 0.3 is 0 Å². The first-order valence-corrected chi connectivity index (χ1v) is 10.7. The summed E-state index contributed by atoms with van der Waals surface area (Å²) in [6.45, 7) is 10.8. The van der Waals surface area contributed by atoms with E-state index >= 15 is 0 Å². The van der Waals surface area contributed by atoms with Crippen molar-refractivity contribution in [2.45, 2.75) is 71.8 Å². The van der Waals surface area contributed by atoms with Crippen LogP contribution >= 0.6 is 0 Å². The van der Waals surface area contributed by atoms with E-state index in [1.807, 2.05) is 26.0 Å². The molecule has 3 rings (SSSR count). The highest BCUT2D eigenvalue weighted by atomic mass is 16.5. The summed E-state index contributed by atoms with van der Waals surface area (Å²) in [6.07, 6.45) is 9.87. The van der Waals surface area contributed by atoms with E-state index in [9.17, 15) is 10.3 Å². The van der Waals surface area contributed by atoms with Gasteiger partial charge in [-0.05, 0) is 60.6 Å². The van der Waals surface area contributed by atoms with Crippen molar-refractivity contribution in [1.82, 2.24) is 0 Å². The van der Waals surface area contributed by atoms with Crippen molar-refractivity contribution in [3.05, 3.63) is 64.6 Å². The minimum absolute atomic E-state index is 0.228. The highest BCUT2D eigenvalue weighted by molar-refractivity contribution is 5.87. The number of hydrogen-bond acceptors (Lipinski definition) is 3. The molecular weight excluding hydrogens is 362 g/mol. The molecule has 1 N–H and O–H groups in total. The first kappa shape index (κ1) is 21.2. The second kappa shape index (κ2) is 8.48. The molecule has 1 aliphatic rings.